The SMILES string of the molecule is Nc1ccccc1OB(O)O.[H-].[Li+]. The Morgan fingerprint density at radius 2 is 1.92 bits per heavy atom. The van der Waals surface area contributed by atoms with E-state index in [-0.39, 0.29) is 26.0 Å². The van der Waals surface area contributed by atoms with Gasteiger partial charge < -0.3 is 21.9 Å². The van der Waals surface area contributed by atoms with Gasteiger partial charge in [-0.1, -0.05) is 12.1 Å². The number of nitrogens with two attached hydrogens (primary N) is 1. The van der Waals surface area contributed by atoms with Crippen molar-refractivity contribution < 1.29 is 35.0 Å². The van der Waals surface area contributed by atoms with Crippen LogP contribution in [0.15, 0.2) is 24.3 Å². The van der Waals surface area contributed by atoms with Crippen LogP contribution < -0.4 is 29.2 Å². The molecule has 1 aromatic carbocycles. The minimum absolute atomic E-state index is 0. The third-order valence-electron chi connectivity index (χ3n) is 1.15. The minimum Gasteiger partial charge on any atom is -1.00 e. The number of hydrogen-bond acceptors (Lipinski definition) is 4. The summed E-state index contributed by atoms with van der Waals surface area (Å²) < 4.78 is 4.53. The van der Waals surface area contributed by atoms with E-state index in [1.54, 1.807) is 24.3 Å². The van der Waals surface area contributed by atoms with E-state index in [1.807, 2.05) is 0 Å². The monoisotopic (exact) mass is 161 g/mol. The van der Waals surface area contributed by atoms with Gasteiger partial charge in [-0.3, -0.25) is 0 Å². The van der Waals surface area contributed by atoms with Crippen molar-refractivity contribution in [3.63, 3.8) is 0 Å². The van der Waals surface area contributed by atoms with Crippen molar-refractivity contribution in [3.8, 4) is 5.75 Å². The van der Waals surface area contributed by atoms with Gasteiger partial charge >= 0.3 is 26.2 Å². The third-order valence-corrected chi connectivity index (χ3v) is 1.15. The van der Waals surface area contributed by atoms with E-state index < -0.39 is 7.32 Å². The zero-order valence-electron chi connectivity index (χ0n) is 7.77. The maximum Gasteiger partial charge on any atom is 1.00 e. The summed E-state index contributed by atoms with van der Waals surface area (Å²) in [6.07, 6.45) is 0. The van der Waals surface area contributed by atoms with Gasteiger partial charge in [0.15, 0.2) is 0 Å². The second-order valence-corrected chi connectivity index (χ2v) is 1.98. The number of nitrogen functional groups attached to an aromatic ring is 1. The first-order valence-electron chi connectivity index (χ1n) is 3.07. The van der Waals surface area contributed by atoms with Crippen LogP contribution in [0.2, 0.25) is 0 Å². The van der Waals surface area contributed by atoms with Crippen LogP contribution in [0.5, 0.6) is 5.75 Å². The fourth-order valence-electron chi connectivity index (χ4n) is 0.701. The maximum atomic E-state index is 8.41. The standard InChI is InChI=1S/C6H8BNO3.Li.H/c8-5-3-1-2-4-6(5)11-7(9)10;;/h1-4,9-10H,8H2;;/q;+1;-1. The van der Waals surface area contributed by atoms with E-state index in [2.05, 4.69) is 4.65 Å². The van der Waals surface area contributed by atoms with Crippen molar-refractivity contribution >= 4 is 13.0 Å². The first-order valence-corrected chi connectivity index (χ1v) is 3.07. The van der Waals surface area contributed by atoms with E-state index in [0.29, 0.717) is 5.69 Å². The molecule has 0 aliphatic rings. The summed E-state index contributed by atoms with van der Waals surface area (Å²) >= 11 is 0. The van der Waals surface area contributed by atoms with Gasteiger partial charge in [-0.05, 0) is 12.1 Å². The Morgan fingerprint density at radius 1 is 1.33 bits per heavy atom. The van der Waals surface area contributed by atoms with Crippen LogP contribution in [-0.4, -0.2) is 17.4 Å². The Morgan fingerprint density at radius 3 is 2.42 bits per heavy atom. The Hall–Kier alpha value is -0.598. The molecule has 0 saturated carbocycles. The molecule has 0 unspecified atom stereocenters. The molecular weight excluding hydrogens is 152 g/mol. The Kier molecular flexibility index (Phi) is 4.86. The largest absolute Gasteiger partial charge is 1.00 e. The molecule has 0 fully saturated rings. The van der Waals surface area contributed by atoms with Crippen molar-refractivity contribution in [2.75, 3.05) is 5.73 Å². The molecule has 4 N–H and O–H groups in total. The van der Waals surface area contributed by atoms with Gasteiger partial charge in [0.25, 0.3) is 0 Å². The number of para-hydroxylation sites is 2. The predicted molar refractivity (Wildman–Crippen MR) is 42.8 cm³/mol. The Bertz CT molecular complexity index is 251. The normalized spacial score (nSPS) is 8.50. The van der Waals surface area contributed by atoms with Crippen molar-refractivity contribution in [1.29, 1.82) is 0 Å². The molecule has 6 heteroatoms. The quantitative estimate of drug-likeness (QED) is 0.314. The zero-order chi connectivity index (χ0) is 8.27. The molecule has 0 aliphatic carbocycles. The van der Waals surface area contributed by atoms with Gasteiger partial charge in [-0.15, -0.1) is 0 Å². The molecule has 0 bridgehead atoms. The topological polar surface area (TPSA) is 75.7 Å². The molecule has 0 atom stereocenters. The van der Waals surface area contributed by atoms with E-state index in [9.17, 15) is 0 Å². The molecule has 60 valence electrons. The number of anilines is 1. The van der Waals surface area contributed by atoms with Crippen LogP contribution in [0, 0.1) is 0 Å². The first kappa shape index (κ1) is 11.4. The summed E-state index contributed by atoms with van der Waals surface area (Å²) in [5.41, 5.74) is 5.80. The van der Waals surface area contributed by atoms with Crippen LogP contribution >= 0.6 is 0 Å². The van der Waals surface area contributed by atoms with Gasteiger partial charge in [0, 0.05) is 0 Å². The van der Waals surface area contributed by atoms with Crippen molar-refractivity contribution in [2.24, 2.45) is 0 Å². The molecule has 0 aliphatic heterocycles. The predicted octanol–water partition coefficient (Wildman–Crippen LogP) is -3.27. The molecule has 0 heterocycles. The molecule has 0 saturated heterocycles. The molecule has 4 nitrogen and oxygen atoms in total. The average molecular weight is 161 g/mol. The summed E-state index contributed by atoms with van der Waals surface area (Å²) in [7, 11) is -1.82. The average Bonchev–Trinajstić information content (AvgIpc) is 1.93. The van der Waals surface area contributed by atoms with Gasteiger partial charge in [-0.2, -0.15) is 0 Å². The van der Waals surface area contributed by atoms with Crippen LogP contribution in [0.1, 0.15) is 1.43 Å². The summed E-state index contributed by atoms with van der Waals surface area (Å²) in [6, 6.07) is 6.58. The number of benzene rings is 1. The maximum absolute atomic E-state index is 8.41. The minimum atomic E-state index is -1.82. The molecular formula is C6H9BLiNO3. The Balaban J connectivity index is 0. The molecule has 0 amide bonds. The van der Waals surface area contributed by atoms with Crippen molar-refractivity contribution in [2.45, 2.75) is 0 Å². The molecule has 1 aromatic rings. The third kappa shape index (κ3) is 3.20. The van der Waals surface area contributed by atoms with E-state index in [1.165, 1.54) is 0 Å². The summed E-state index contributed by atoms with van der Waals surface area (Å²) in [6.45, 7) is 0. The molecule has 12 heavy (non-hydrogen) atoms. The van der Waals surface area contributed by atoms with Crippen molar-refractivity contribution in [1.82, 2.24) is 0 Å². The van der Waals surface area contributed by atoms with Gasteiger partial charge in [-0.25, -0.2) is 0 Å². The van der Waals surface area contributed by atoms with Gasteiger partial charge in [0.2, 0.25) is 0 Å². The fraction of sp³-hybridized carbons (Fsp3) is 0. The van der Waals surface area contributed by atoms with Crippen molar-refractivity contribution in [3.05, 3.63) is 24.3 Å². The summed E-state index contributed by atoms with van der Waals surface area (Å²) in [4.78, 5) is 0. The molecule has 1 rings (SSSR count). The molecule has 0 aromatic heterocycles. The second kappa shape index (κ2) is 5.12. The molecule has 0 radical (unpaired) electrons. The number of hydrogen-bond donors (Lipinski definition) is 3. The van der Waals surface area contributed by atoms with Crippen LogP contribution in [0.3, 0.4) is 0 Å². The summed E-state index contributed by atoms with van der Waals surface area (Å²) in [5, 5.41) is 16.8. The zero-order valence-corrected chi connectivity index (χ0v) is 6.77. The Labute approximate surface area is 84.2 Å². The molecule has 0 spiro atoms. The van der Waals surface area contributed by atoms with E-state index in [4.69, 9.17) is 15.8 Å². The second-order valence-electron chi connectivity index (χ2n) is 1.98. The smallest absolute Gasteiger partial charge is 1.00 e. The van der Waals surface area contributed by atoms with E-state index >= 15 is 0 Å². The van der Waals surface area contributed by atoms with Crippen LogP contribution in [0.4, 0.5) is 5.69 Å². The first-order chi connectivity index (χ1) is 5.20. The summed E-state index contributed by atoms with van der Waals surface area (Å²) in [5.74, 6) is 0.266. The fourth-order valence-corrected chi connectivity index (χ4v) is 0.701. The van der Waals surface area contributed by atoms with Gasteiger partial charge in [0.05, 0.1) is 5.69 Å². The van der Waals surface area contributed by atoms with Crippen LogP contribution in [-0.2, 0) is 0 Å². The van der Waals surface area contributed by atoms with Crippen LogP contribution in [0.25, 0.3) is 0 Å². The van der Waals surface area contributed by atoms with E-state index in [0.717, 1.165) is 0 Å². The van der Waals surface area contributed by atoms with Gasteiger partial charge in [0.1, 0.15) is 5.75 Å². The number of rotatable bonds is 2.